The van der Waals surface area contributed by atoms with Gasteiger partial charge < -0.3 is 5.32 Å². The fraction of sp³-hybridized carbons (Fsp3) is 0.800. The topological polar surface area (TPSA) is 24.4 Å². The molecule has 2 heteroatoms. The number of nitrogens with zero attached hydrogens (tertiary/aromatic N) is 1. The first-order valence-corrected chi connectivity index (χ1v) is 11.3. The van der Waals surface area contributed by atoms with Crippen molar-refractivity contribution in [2.75, 3.05) is 13.1 Å². The zero-order valence-corrected chi connectivity index (χ0v) is 19.0. The number of hydrogen-bond donors (Lipinski definition) is 1. The molecule has 0 atom stereocenters. The highest BCUT2D eigenvalue weighted by atomic mass is 14.9. The molecule has 2 heterocycles. The van der Waals surface area contributed by atoms with Crippen LogP contribution in [0.4, 0.5) is 0 Å². The zero-order chi connectivity index (χ0) is 20.0. The van der Waals surface area contributed by atoms with E-state index in [1.54, 1.807) is 0 Å². The first-order chi connectivity index (χ1) is 12.6. The summed E-state index contributed by atoms with van der Waals surface area (Å²) in [4.78, 5) is 5.03. The highest BCUT2D eigenvalue weighted by molar-refractivity contribution is 5.91. The van der Waals surface area contributed by atoms with Crippen molar-refractivity contribution in [1.82, 2.24) is 5.32 Å². The van der Waals surface area contributed by atoms with E-state index in [9.17, 15) is 0 Å². The Morgan fingerprint density at radius 3 is 2.41 bits per heavy atom. The van der Waals surface area contributed by atoms with Gasteiger partial charge in [0.2, 0.25) is 0 Å². The van der Waals surface area contributed by atoms with Gasteiger partial charge >= 0.3 is 0 Å². The maximum absolute atomic E-state index is 5.03. The van der Waals surface area contributed by atoms with Crippen LogP contribution >= 0.6 is 0 Å². The molecule has 27 heavy (non-hydrogen) atoms. The third kappa shape index (κ3) is 7.84. The third-order valence-electron chi connectivity index (χ3n) is 6.30. The van der Waals surface area contributed by atoms with Crippen LogP contribution in [-0.2, 0) is 0 Å². The Bertz CT molecular complexity index is 551. The van der Waals surface area contributed by atoms with Crippen molar-refractivity contribution in [2.45, 2.75) is 99.3 Å². The smallest absolute Gasteiger partial charge is 0.0394 e. The Morgan fingerprint density at radius 1 is 0.889 bits per heavy atom. The first-order valence-electron chi connectivity index (χ1n) is 11.3. The molecular weight excluding hydrogens is 328 g/mol. The van der Waals surface area contributed by atoms with E-state index < -0.39 is 0 Å². The summed E-state index contributed by atoms with van der Waals surface area (Å²) < 4.78 is 0. The number of nitrogens with one attached hydrogen (secondary N) is 1. The van der Waals surface area contributed by atoms with Crippen LogP contribution in [-0.4, -0.2) is 18.8 Å². The van der Waals surface area contributed by atoms with E-state index in [-0.39, 0.29) is 10.8 Å². The second kappa shape index (κ2) is 9.43. The molecular formula is C25H44N2. The van der Waals surface area contributed by atoms with Gasteiger partial charge in [-0.25, -0.2) is 0 Å². The van der Waals surface area contributed by atoms with Crippen LogP contribution in [0, 0.1) is 16.2 Å². The fourth-order valence-corrected chi connectivity index (χ4v) is 4.23. The molecule has 0 amide bonds. The van der Waals surface area contributed by atoms with Gasteiger partial charge in [-0.2, -0.15) is 0 Å². The Labute approximate surface area is 169 Å². The molecule has 0 bridgehead atoms. The van der Waals surface area contributed by atoms with Gasteiger partial charge in [-0.1, -0.05) is 72.6 Å². The van der Waals surface area contributed by atoms with Crippen LogP contribution in [0.2, 0.25) is 0 Å². The Morgan fingerprint density at radius 2 is 1.63 bits per heavy atom. The van der Waals surface area contributed by atoms with Crippen molar-refractivity contribution in [2.24, 2.45) is 21.2 Å². The summed E-state index contributed by atoms with van der Waals surface area (Å²) >= 11 is 0. The fourth-order valence-electron chi connectivity index (χ4n) is 4.23. The van der Waals surface area contributed by atoms with Crippen molar-refractivity contribution in [3.8, 4) is 0 Å². The average Bonchev–Trinajstić information content (AvgIpc) is 2.52. The molecule has 0 radical (unpaired) electrons. The SMILES string of the molecule is CC(C)(/C=C/C(C)(C)/C1=N/CCC(C)(C)CCC1)/C=C1\CCCCCCN1. The lowest BCUT2D eigenvalue weighted by atomic mass is 9.77. The Kier molecular flexibility index (Phi) is 7.77. The molecule has 1 N–H and O–H groups in total. The lowest BCUT2D eigenvalue weighted by Gasteiger charge is -2.31. The summed E-state index contributed by atoms with van der Waals surface area (Å²) in [6.07, 6.45) is 18.8. The number of hydrogen-bond acceptors (Lipinski definition) is 2. The average molecular weight is 373 g/mol. The van der Waals surface area contributed by atoms with E-state index in [4.69, 9.17) is 4.99 Å². The van der Waals surface area contributed by atoms with Crippen LogP contribution in [0.1, 0.15) is 99.3 Å². The normalized spacial score (nSPS) is 26.4. The van der Waals surface area contributed by atoms with E-state index in [0.717, 1.165) is 19.5 Å². The van der Waals surface area contributed by atoms with Gasteiger partial charge in [-0.3, -0.25) is 4.99 Å². The first kappa shape index (κ1) is 22.2. The molecule has 2 aliphatic rings. The summed E-state index contributed by atoms with van der Waals surface area (Å²) in [7, 11) is 0. The summed E-state index contributed by atoms with van der Waals surface area (Å²) in [5.74, 6) is 0. The predicted octanol–water partition coefficient (Wildman–Crippen LogP) is 7.07. The minimum absolute atomic E-state index is 0.0472. The van der Waals surface area contributed by atoms with E-state index >= 15 is 0 Å². The second-order valence-corrected chi connectivity index (χ2v) is 10.7. The number of rotatable bonds is 4. The molecule has 0 aromatic carbocycles. The zero-order valence-electron chi connectivity index (χ0n) is 19.0. The lowest BCUT2D eigenvalue weighted by molar-refractivity contribution is 0.301. The second-order valence-electron chi connectivity index (χ2n) is 10.7. The predicted molar refractivity (Wildman–Crippen MR) is 120 cm³/mol. The van der Waals surface area contributed by atoms with Crippen LogP contribution < -0.4 is 5.32 Å². The number of aliphatic imine (C=N–C) groups is 1. The van der Waals surface area contributed by atoms with Gasteiger partial charge in [0, 0.05) is 35.3 Å². The molecule has 0 unspecified atom stereocenters. The molecule has 1 fully saturated rings. The Hall–Kier alpha value is -1.05. The Balaban J connectivity index is 2.06. The molecule has 0 saturated carbocycles. The van der Waals surface area contributed by atoms with Gasteiger partial charge in [0.25, 0.3) is 0 Å². The summed E-state index contributed by atoms with van der Waals surface area (Å²) in [6, 6.07) is 0. The molecule has 1 saturated heterocycles. The maximum Gasteiger partial charge on any atom is 0.0394 e. The molecule has 2 nitrogen and oxygen atoms in total. The molecule has 2 rings (SSSR count). The van der Waals surface area contributed by atoms with E-state index in [2.05, 4.69) is 65.1 Å². The third-order valence-corrected chi connectivity index (χ3v) is 6.30. The van der Waals surface area contributed by atoms with Crippen LogP contribution in [0.15, 0.2) is 28.9 Å². The summed E-state index contributed by atoms with van der Waals surface area (Å²) in [5.41, 5.74) is 3.40. The van der Waals surface area contributed by atoms with Gasteiger partial charge in [0.15, 0.2) is 0 Å². The van der Waals surface area contributed by atoms with Crippen molar-refractivity contribution in [3.05, 3.63) is 23.9 Å². The molecule has 154 valence electrons. The van der Waals surface area contributed by atoms with Crippen molar-refractivity contribution in [1.29, 1.82) is 0 Å². The van der Waals surface area contributed by atoms with E-state index in [1.807, 2.05) is 0 Å². The molecule has 0 aromatic heterocycles. The highest BCUT2D eigenvalue weighted by Gasteiger charge is 2.26. The van der Waals surface area contributed by atoms with Crippen molar-refractivity contribution in [3.63, 3.8) is 0 Å². The summed E-state index contributed by atoms with van der Waals surface area (Å²) in [6.45, 7) is 16.2. The van der Waals surface area contributed by atoms with E-state index in [1.165, 1.54) is 62.8 Å². The minimum Gasteiger partial charge on any atom is -0.389 e. The monoisotopic (exact) mass is 372 g/mol. The van der Waals surface area contributed by atoms with Gasteiger partial charge in [-0.05, 0) is 50.4 Å². The van der Waals surface area contributed by atoms with Gasteiger partial charge in [-0.15, -0.1) is 0 Å². The van der Waals surface area contributed by atoms with Crippen molar-refractivity contribution >= 4 is 5.71 Å². The van der Waals surface area contributed by atoms with E-state index in [0.29, 0.717) is 5.41 Å². The standard InChI is InChI=1S/C25H44N2/c1-23(2)14-11-13-22(27-19-17-23)25(5,6)16-15-24(3,4)20-21-12-9-7-8-10-18-26-21/h15-16,20,26H,7-14,17-19H2,1-6H3/b16-15+,21-20+,27-22+. The highest BCUT2D eigenvalue weighted by Crippen LogP contribution is 2.34. The molecule has 2 aliphatic heterocycles. The van der Waals surface area contributed by atoms with Gasteiger partial charge in [0.1, 0.15) is 0 Å². The van der Waals surface area contributed by atoms with Crippen LogP contribution in [0.5, 0.6) is 0 Å². The van der Waals surface area contributed by atoms with Crippen LogP contribution in [0.3, 0.4) is 0 Å². The molecule has 0 aliphatic carbocycles. The number of allylic oxidation sites excluding steroid dienone is 4. The van der Waals surface area contributed by atoms with Crippen LogP contribution in [0.25, 0.3) is 0 Å². The minimum atomic E-state index is 0.0472. The summed E-state index contributed by atoms with van der Waals surface area (Å²) in [5, 5.41) is 3.66. The van der Waals surface area contributed by atoms with Gasteiger partial charge in [0.05, 0.1) is 0 Å². The largest absolute Gasteiger partial charge is 0.389 e. The van der Waals surface area contributed by atoms with Crippen molar-refractivity contribution < 1.29 is 0 Å². The maximum atomic E-state index is 5.03. The molecule has 0 aromatic rings. The molecule has 0 spiro atoms. The quantitative estimate of drug-likeness (QED) is 0.524. The lowest BCUT2D eigenvalue weighted by Crippen LogP contribution is -2.26.